The highest BCUT2D eigenvalue weighted by Crippen LogP contribution is 2.25. The summed E-state index contributed by atoms with van der Waals surface area (Å²) in [5.74, 6) is 0.938. The van der Waals surface area contributed by atoms with Crippen LogP contribution in [-0.4, -0.2) is 42.4 Å². The Hall–Kier alpha value is -0.910. The van der Waals surface area contributed by atoms with Crippen LogP contribution in [0.4, 0.5) is 0 Å². The van der Waals surface area contributed by atoms with Crippen LogP contribution < -0.4 is 5.32 Å². The maximum absolute atomic E-state index is 5.61. The molecule has 0 aliphatic carbocycles. The smallest absolute Gasteiger partial charge is 0.151 e. The summed E-state index contributed by atoms with van der Waals surface area (Å²) in [5, 5.41) is 7.33. The van der Waals surface area contributed by atoms with Crippen LogP contribution in [0.15, 0.2) is 10.6 Å². The van der Waals surface area contributed by atoms with E-state index in [4.69, 9.17) is 9.26 Å². The summed E-state index contributed by atoms with van der Waals surface area (Å²) >= 11 is 0. The van der Waals surface area contributed by atoms with E-state index in [1.54, 1.807) is 7.11 Å². The van der Waals surface area contributed by atoms with Crippen LogP contribution in [-0.2, 0) is 17.8 Å². The van der Waals surface area contributed by atoms with Crippen molar-refractivity contribution in [2.45, 2.75) is 45.4 Å². The van der Waals surface area contributed by atoms with Crippen molar-refractivity contribution >= 4 is 0 Å². The van der Waals surface area contributed by atoms with Crippen molar-refractivity contribution in [3.8, 4) is 0 Å². The minimum Gasteiger partial charge on any atom is -0.377 e. The number of hydrogen-bond acceptors (Lipinski definition) is 5. The fourth-order valence-corrected chi connectivity index (χ4v) is 2.60. The fourth-order valence-electron chi connectivity index (χ4n) is 2.60. The van der Waals surface area contributed by atoms with E-state index in [1.165, 1.54) is 6.42 Å². The van der Waals surface area contributed by atoms with E-state index in [9.17, 15) is 0 Å². The van der Waals surface area contributed by atoms with Gasteiger partial charge in [0, 0.05) is 26.3 Å². The number of likely N-dealkylation sites (tertiary alicyclic amines) is 1. The maximum Gasteiger partial charge on any atom is 0.151 e. The average Bonchev–Trinajstić information content (AvgIpc) is 2.84. The van der Waals surface area contributed by atoms with Crippen molar-refractivity contribution in [2.75, 3.05) is 26.7 Å². The molecular weight excluding hydrogens is 242 g/mol. The van der Waals surface area contributed by atoms with Crippen molar-refractivity contribution in [3.63, 3.8) is 0 Å². The van der Waals surface area contributed by atoms with E-state index < -0.39 is 0 Å². The Morgan fingerprint density at radius 3 is 3.16 bits per heavy atom. The predicted octanol–water partition coefficient (Wildman–Crippen LogP) is 1.78. The first-order valence-electron chi connectivity index (χ1n) is 7.08. The van der Waals surface area contributed by atoms with Gasteiger partial charge >= 0.3 is 0 Å². The lowest BCUT2D eigenvalue weighted by atomic mass is 9.95. The molecule has 1 aromatic heterocycles. The first kappa shape index (κ1) is 14.5. The van der Waals surface area contributed by atoms with Gasteiger partial charge in [0.15, 0.2) is 5.76 Å². The van der Waals surface area contributed by atoms with Crippen LogP contribution >= 0.6 is 0 Å². The molecule has 1 atom stereocenters. The van der Waals surface area contributed by atoms with Crippen LogP contribution in [0.5, 0.6) is 0 Å². The van der Waals surface area contributed by atoms with Crippen molar-refractivity contribution in [1.29, 1.82) is 0 Å². The zero-order valence-corrected chi connectivity index (χ0v) is 12.2. The highest BCUT2D eigenvalue weighted by molar-refractivity contribution is 5.05. The fraction of sp³-hybridized carbons (Fsp3) is 0.786. The van der Waals surface area contributed by atoms with Crippen molar-refractivity contribution in [3.05, 3.63) is 17.5 Å². The molecule has 1 aromatic rings. The molecule has 2 rings (SSSR count). The Labute approximate surface area is 115 Å². The molecule has 1 saturated heterocycles. The standard InChI is InChI=1S/C14H25N3O2/c1-4-15-9-12-8-13(19-16-12)10-17-7-5-6-14(2,11-17)18-3/h8,15H,4-7,9-11H2,1-3H3. The quantitative estimate of drug-likeness (QED) is 0.851. The van der Waals surface area contributed by atoms with E-state index in [-0.39, 0.29) is 5.60 Å². The average molecular weight is 267 g/mol. The van der Waals surface area contributed by atoms with Gasteiger partial charge in [-0.1, -0.05) is 12.1 Å². The summed E-state index contributed by atoms with van der Waals surface area (Å²) in [6.07, 6.45) is 2.30. The largest absolute Gasteiger partial charge is 0.377 e. The molecule has 0 saturated carbocycles. The number of piperidine rings is 1. The molecule has 108 valence electrons. The number of nitrogens with zero attached hydrogens (tertiary/aromatic N) is 2. The van der Waals surface area contributed by atoms with Crippen LogP contribution in [0.25, 0.3) is 0 Å². The zero-order valence-electron chi connectivity index (χ0n) is 12.2. The molecular formula is C14H25N3O2. The molecule has 1 aliphatic heterocycles. The number of nitrogens with one attached hydrogen (secondary N) is 1. The molecule has 5 heteroatoms. The molecule has 0 radical (unpaired) electrons. The third-order valence-corrected chi connectivity index (χ3v) is 3.77. The third-order valence-electron chi connectivity index (χ3n) is 3.77. The van der Waals surface area contributed by atoms with Gasteiger partial charge in [0.25, 0.3) is 0 Å². The number of aromatic nitrogens is 1. The van der Waals surface area contributed by atoms with E-state index >= 15 is 0 Å². The molecule has 1 unspecified atom stereocenters. The summed E-state index contributed by atoms with van der Waals surface area (Å²) in [6.45, 7) is 8.85. The Kier molecular flexibility index (Phi) is 4.96. The maximum atomic E-state index is 5.61. The molecule has 0 bridgehead atoms. The van der Waals surface area contributed by atoms with Gasteiger partial charge < -0.3 is 14.6 Å². The summed E-state index contributed by atoms with van der Waals surface area (Å²) in [5.41, 5.74) is 0.952. The lowest BCUT2D eigenvalue weighted by Gasteiger charge is -2.39. The van der Waals surface area contributed by atoms with E-state index in [0.29, 0.717) is 0 Å². The second-order valence-corrected chi connectivity index (χ2v) is 5.53. The second kappa shape index (κ2) is 6.50. The van der Waals surface area contributed by atoms with Crippen LogP contribution in [0.1, 0.15) is 38.1 Å². The van der Waals surface area contributed by atoms with Gasteiger partial charge in [0.2, 0.25) is 0 Å². The predicted molar refractivity (Wildman–Crippen MR) is 73.8 cm³/mol. The molecule has 2 heterocycles. The number of rotatable bonds is 6. The van der Waals surface area contributed by atoms with Gasteiger partial charge in [-0.2, -0.15) is 0 Å². The van der Waals surface area contributed by atoms with Gasteiger partial charge in [-0.3, -0.25) is 4.90 Å². The van der Waals surface area contributed by atoms with E-state index in [1.807, 2.05) is 6.07 Å². The van der Waals surface area contributed by atoms with Gasteiger partial charge in [-0.05, 0) is 32.9 Å². The first-order chi connectivity index (χ1) is 9.15. The normalized spacial score (nSPS) is 24.8. The monoisotopic (exact) mass is 267 g/mol. The molecule has 0 spiro atoms. The van der Waals surface area contributed by atoms with Crippen molar-refractivity contribution in [1.82, 2.24) is 15.4 Å². The van der Waals surface area contributed by atoms with Crippen molar-refractivity contribution < 1.29 is 9.26 Å². The molecule has 0 amide bonds. The molecule has 0 aromatic carbocycles. The van der Waals surface area contributed by atoms with Gasteiger partial charge in [0.1, 0.15) is 0 Å². The second-order valence-electron chi connectivity index (χ2n) is 5.53. The number of ether oxygens (including phenoxy) is 1. The lowest BCUT2D eigenvalue weighted by Crippen LogP contribution is -2.46. The summed E-state index contributed by atoms with van der Waals surface area (Å²) < 4.78 is 11.0. The zero-order chi connectivity index (χ0) is 13.7. The van der Waals surface area contributed by atoms with Gasteiger partial charge in [-0.25, -0.2) is 0 Å². The third kappa shape index (κ3) is 4.03. The van der Waals surface area contributed by atoms with Crippen LogP contribution in [0, 0.1) is 0 Å². The Morgan fingerprint density at radius 1 is 1.58 bits per heavy atom. The highest BCUT2D eigenvalue weighted by atomic mass is 16.5. The Morgan fingerprint density at radius 2 is 2.42 bits per heavy atom. The summed E-state index contributed by atoms with van der Waals surface area (Å²) in [4.78, 5) is 2.38. The van der Waals surface area contributed by atoms with E-state index in [0.717, 1.165) is 50.6 Å². The molecule has 19 heavy (non-hydrogen) atoms. The minimum absolute atomic E-state index is 0.0229. The summed E-state index contributed by atoms with van der Waals surface area (Å²) in [6, 6.07) is 2.04. The number of hydrogen-bond donors (Lipinski definition) is 1. The van der Waals surface area contributed by atoms with Crippen LogP contribution in [0.2, 0.25) is 0 Å². The van der Waals surface area contributed by atoms with Crippen LogP contribution in [0.3, 0.4) is 0 Å². The summed E-state index contributed by atoms with van der Waals surface area (Å²) in [7, 11) is 1.80. The SMILES string of the molecule is CCNCc1cc(CN2CCCC(C)(OC)C2)on1. The minimum atomic E-state index is -0.0229. The van der Waals surface area contributed by atoms with E-state index in [2.05, 4.69) is 29.2 Å². The first-order valence-corrected chi connectivity index (χ1v) is 7.08. The van der Waals surface area contributed by atoms with Gasteiger partial charge in [0.05, 0.1) is 17.8 Å². The molecule has 1 aliphatic rings. The lowest BCUT2D eigenvalue weighted by molar-refractivity contribution is -0.0541. The van der Waals surface area contributed by atoms with Crippen molar-refractivity contribution in [2.24, 2.45) is 0 Å². The number of methoxy groups -OCH3 is 1. The molecule has 1 fully saturated rings. The topological polar surface area (TPSA) is 50.5 Å². The molecule has 5 nitrogen and oxygen atoms in total. The Balaban J connectivity index is 1.88. The van der Waals surface area contributed by atoms with Gasteiger partial charge in [-0.15, -0.1) is 0 Å². The molecule has 1 N–H and O–H groups in total. The Bertz CT molecular complexity index is 394. The highest BCUT2D eigenvalue weighted by Gasteiger charge is 2.31.